The van der Waals surface area contributed by atoms with Crippen LogP contribution >= 0.6 is 19.4 Å². The maximum Gasteiger partial charge on any atom is 0.506 e. The van der Waals surface area contributed by atoms with Crippen molar-refractivity contribution in [2.75, 3.05) is 17.2 Å². The number of nitrogens with one attached hydrogen (secondary N) is 1. The Morgan fingerprint density at radius 1 is 1.21 bits per heavy atom. The highest BCUT2D eigenvalue weighted by atomic mass is 32.1. The molecule has 3 aromatic rings. The standard InChI is InChI=1S/C21H21N2O3PS/c1-2-14(13-27(25)26)15-5-7-16(8-6-15)21(24)23-19-12-17(9-10-18(19)22)20-4-3-11-28-20/h3-12,14H,2,13,22H2,1H3,(H-,23,24,25,26)/p+1. The number of nitrogens with two attached hydrogens (primary N) is 1. The molecule has 0 spiro atoms. The van der Waals surface area contributed by atoms with Crippen LogP contribution in [0, 0.1) is 0 Å². The van der Waals surface area contributed by atoms with Crippen LogP contribution in [0.3, 0.4) is 0 Å². The lowest BCUT2D eigenvalue weighted by Gasteiger charge is -2.12. The summed E-state index contributed by atoms with van der Waals surface area (Å²) in [5.41, 5.74) is 9.57. The second kappa shape index (κ2) is 9.11. The van der Waals surface area contributed by atoms with Crippen molar-refractivity contribution < 1.29 is 14.3 Å². The van der Waals surface area contributed by atoms with E-state index in [2.05, 4.69) is 5.32 Å². The van der Waals surface area contributed by atoms with Crippen molar-refractivity contribution >= 4 is 36.6 Å². The van der Waals surface area contributed by atoms with Crippen LogP contribution in [0.2, 0.25) is 0 Å². The summed E-state index contributed by atoms with van der Waals surface area (Å²) in [4.78, 5) is 22.9. The third kappa shape index (κ3) is 4.84. The summed E-state index contributed by atoms with van der Waals surface area (Å²) < 4.78 is 11.1. The normalized spacial score (nSPS) is 12.4. The van der Waals surface area contributed by atoms with Crippen molar-refractivity contribution in [3.05, 3.63) is 71.1 Å². The lowest BCUT2D eigenvalue weighted by atomic mass is 9.97. The van der Waals surface area contributed by atoms with Crippen LogP contribution in [0.5, 0.6) is 0 Å². The minimum absolute atomic E-state index is 0.00356. The first-order valence-corrected chi connectivity index (χ1v) is 11.2. The molecule has 1 aromatic heterocycles. The molecule has 2 unspecified atom stereocenters. The van der Waals surface area contributed by atoms with E-state index < -0.39 is 8.03 Å². The molecular formula is C21H22N2O3PS+. The number of benzene rings is 2. The first-order chi connectivity index (χ1) is 13.5. The van der Waals surface area contributed by atoms with Crippen LogP contribution in [0.15, 0.2) is 60.0 Å². The summed E-state index contributed by atoms with van der Waals surface area (Å²) >= 11 is 1.62. The number of carbonyl (C=O) groups is 1. The van der Waals surface area contributed by atoms with Crippen molar-refractivity contribution in [2.24, 2.45) is 0 Å². The topological polar surface area (TPSA) is 92.4 Å². The summed E-state index contributed by atoms with van der Waals surface area (Å²) in [6, 6.07) is 16.7. The van der Waals surface area contributed by atoms with E-state index >= 15 is 0 Å². The SMILES string of the molecule is CCC(C[P+](=O)O)c1ccc(C(=O)Nc2cc(-c3cccs3)ccc2N)cc1. The fourth-order valence-corrected chi connectivity index (χ4v) is 4.59. The highest BCUT2D eigenvalue weighted by Crippen LogP contribution is 2.31. The van der Waals surface area contributed by atoms with E-state index in [1.807, 2.05) is 48.7 Å². The molecule has 0 aliphatic heterocycles. The number of hydrogen-bond donors (Lipinski definition) is 3. The lowest BCUT2D eigenvalue weighted by Crippen LogP contribution is -2.13. The molecule has 2 aromatic carbocycles. The van der Waals surface area contributed by atoms with Crippen LogP contribution in [0.4, 0.5) is 11.4 Å². The Kier molecular flexibility index (Phi) is 6.57. The maximum atomic E-state index is 12.6. The summed E-state index contributed by atoms with van der Waals surface area (Å²) in [5.74, 6) is -0.244. The van der Waals surface area contributed by atoms with E-state index in [4.69, 9.17) is 5.73 Å². The molecule has 1 amide bonds. The van der Waals surface area contributed by atoms with Gasteiger partial charge in [-0.1, -0.05) is 31.2 Å². The summed E-state index contributed by atoms with van der Waals surface area (Å²) in [5, 5.41) is 4.88. The van der Waals surface area contributed by atoms with Crippen molar-refractivity contribution in [1.29, 1.82) is 0 Å². The predicted molar refractivity (Wildman–Crippen MR) is 116 cm³/mol. The van der Waals surface area contributed by atoms with Crippen LogP contribution in [0.25, 0.3) is 10.4 Å². The fourth-order valence-electron chi connectivity index (χ4n) is 3.02. The average Bonchev–Trinajstić information content (AvgIpc) is 3.22. The molecule has 0 aliphatic carbocycles. The van der Waals surface area contributed by atoms with Crippen molar-refractivity contribution in [3.63, 3.8) is 0 Å². The van der Waals surface area contributed by atoms with E-state index in [0.29, 0.717) is 16.9 Å². The van der Waals surface area contributed by atoms with Crippen LogP contribution < -0.4 is 11.1 Å². The number of thiophene rings is 1. The molecule has 0 aliphatic rings. The molecule has 0 fully saturated rings. The third-order valence-electron chi connectivity index (χ3n) is 4.62. The van der Waals surface area contributed by atoms with Crippen LogP contribution in [0.1, 0.15) is 35.2 Å². The zero-order valence-corrected chi connectivity index (χ0v) is 17.2. The van der Waals surface area contributed by atoms with E-state index in [1.165, 1.54) is 0 Å². The minimum Gasteiger partial charge on any atom is -0.397 e. The van der Waals surface area contributed by atoms with Gasteiger partial charge in [-0.3, -0.25) is 4.79 Å². The summed E-state index contributed by atoms with van der Waals surface area (Å²) in [7, 11) is -2.19. The van der Waals surface area contributed by atoms with Gasteiger partial charge in [0.15, 0.2) is 6.16 Å². The second-order valence-electron chi connectivity index (χ2n) is 6.50. The van der Waals surface area contributed by atoms with Gasteiger partial charge in [-0.05, 0) is 57.8 Å². The number of anilines is 2. The Morgan fingerprint density at radius 3 is 2.57 bits per heavy atom. The van der Waals surface area contributed by atoms with Crippen molar-refractivity contribution in [2.45, 2.75) is 19.3 Å². The Balaban J connectivity index is 1.76. The molecule has 3 rings (SSSR count). The molecule has 5 nitrogen and oxygen atoms in total. The number of rotatable bonds is 7. The fraction of sp³-hybridized carbons (Fsp3) is 0.190. The van der Waals surface area contributed by atoms with Gasteiger partial charge in [-0.2, -0.15) is 4.89 Å². The van der Waals surface area contributed by atoms with Crippen LogP contribution in [-0.4, -0.2) is 17.0 Å². The maximum absolute atomic E-state index is 12.6. The molecule has 0 bridgehead atoms. The predicted octanol–water partition coefficient (Wildman–Crippen LogP) is 5.48. The zero-order chi connectivity index (χ0) is 20.1. The Morgan fingerprint density at radius 2 is 1.96 bits per heavy atom. The van der Waals surface area contributed by atoms with Gasteiger partial charge >= 0.3 is 8.03 Å². The number of amides is 1. The second-order valence-corrected chi connectivity index (χ2v) is 8.51. The largest absolute Gasteiger partial charge is 0.506 e. The molecule has 4 N–H and O–H groups in total. The first kappa shape index (κ1) is 20.2. The van der Waals surface area contributed by atoms with E-state index in [9.17, 15) is 14.3 Å². The molecule has 0 radical (unpaired) electrons. The number of hydrogen-bond acceptors (Lipinski definition) is 4. The van der Waals surface area contributed by atoms with E-state index in [1.54, 1.807) is 29.5 Å². The molecule has 144 valence electrons. The summed E-state index contributed by atoms with van der Waals surface area (Å²) in [6.45, 7) is 1.98. The van der Waals surface area contributed by atoms with Gasteiger partial charge in [-0.25, -0.2) is 0 Å². The quantitative estimate of drug-likeness (QED) is 0.353. The van der Waals surface area contributed by atoms with E-state index in [-0.39, 0.29) is 18.0 Å². The third-order valence-corrected chi connectivity index (χ3v) is 6.29. The highest BCUT2D eigenvalue weighted by Gasteiger charge is 2.21. The van der Waals surface area contributed by atoms with E-state index in [0.717, 1.165) is 22.4 Å². The smallest absolute Gasteiger partial charge is 0.397 e. The molecule has 0 saturated heterocycles. The van der Waals surface area contributed by atoms with Gasteiger partial charge < -0.3 is 11.1 Å². The monoisotopic (exact) mass is 413 g/mol. The Labute approximate surface area is 169 Å². The van der Waals surface area contributed by atoms with Gasteiger partial charge in [0.1, 0.15) is 0 Å². The Bertz CT molecular complexity index is 972. The molecule has 0 saturated carbocycles. The molecule has 2 atom stereocenters. The van der Waals surface area contributed by atoms with Gasteiger partial charge in [0.25, 0.3) is 5.91 Å². The number of carbonyl (C=O) groups excluding carboxylic acids is 1. The van der Waals surface area contributed by atoms with Gasteiger partial charge in [0.05, 0.1) is 11.4 Å². The van der Waals surface area contributed by atoms with Gasteiger partial charge in [0, 0.05) is 16.4 Å². The van der Waals surface area contributed by atoms with Gasteiger partial charge in [-0.15, -0.1) is 11.3 Å². The van der Waals surface area contributed by atoms with Gasteiger partial charge in [0.2, 0.25) is 0 Å². The molecule has 1 heterocycles. The Hall–Kier alpha value is -2.53. The number of nitrogen functional groups attached to an aromatic ring is 1. The highest BCUT2D eigenvalue weighted by molar-refractivity contribution is 7.38. The first-order valence-electron chi connectivity index (χ1n) is 8.96. The lowest BCUT2D eigenvalue weighted by molar-refractivity contribution is 0.102. The molecule has 28 heavy (non-hydrogen) atoms. The van der Waals surface area contributed by atoms with Crippen LogP contribution in [-0.2, 0) is 4.57 Å². The minimum atomic E-state index is -2.19. The summed E-state index contributed by atoms with van der Waals surface area (Å²) in [6.07, 6.45) is 0.989. The van der Waals surface area contributed by atoms with Crippen molar-refractivity contribution in [1.82, 2.24) is 0 Å². The molecule has 7 heteroatoms. The average molecular weight is 413 g/mol. The van der Waals surface area contributed by atoms with Crippen molar-refractivity contribution in [3.8, 4) is 10.4 Å². The zero-order valence-electron chi connectivity index (χ0n) is 15.5. The molecular weight excluding hydrogens is 391 g/mol.